The predicted octanol–water partition coefficient (Wildman–Crippen LogP) is 4.24. The van der Waals surface area contributed by atoms with Crippen LogP contribution in [0, 0.1) is 11.3 Å². The van der Waals surface area contributed by atoms with E-state index >= 15 is 0 Å². The summed E-state index contributed by atoms with van der Waals surface area (Å²) in [7, 11) is 0. The maximum absolute atomic E-state index is 11.6. The summed E-state index contributed by atoms with van der Waals surface area (Å²) in [5.41, 5.74) is 0.0266. The average molecular weight is 242 g/mol. The molecule has 0 saturated carbocycles. The van der Waals surface area contributed by atoms with Crippen LogP contribution in [0.15, 0.2) is 12.3 Å². The number of carbonyl (C=O) groups is 1. The summed E-state index contributed by atoms with van der Waals surface area (Å²) in [6.45, 7) is 10.2. The molecule has 0 radical (unpaired) electrons. The van der Waals surface area contributed by atoms with Gasteiger partial charge in [-0.1, -0.05) is 47.5 Å². The minimum Gasteiger partial charge on any atom is -0.295 e. The van der Waals surface area contributed by atoms with Gasteiger partial charge in [-0.2, -0.15) is 0 Å². The molecule has 0 aromatic rings. The lowest BCUT2D eigenvalue weighted by molar-refractivity contribution is -0.243. The fourth-order valence-corrected chi connectivity index (χ4v) is 1.31. The Morgan fingerprint density at radius 1 is 1.29 bits per heavy atom. The second-order valence-electron chi connectivity index (χ2n) is 5.41. The first-order valence-corrected chi connectivity index (χ1v) is 6.45. The Balaban J connectivity index is 3.94. The standard InChI is InChI=1S/C14H26O3/c1-6-8-9-12(7-2)13(15)17-16-11-10-14(3,4)5/h10-12H,6-9H2,1-5H3. The van der Waals surface area contributed by atoms with Gasteiger partial charge in [-0.3, -0.25) is 9.78 Å². The first kappa shape index (κ1) is 16.0. The number of hydrogen-bond acceptors (Lipinski definition) is 3. The highest BCUT2D eigenvalue weighted by Crippen LogP contribution is 2.16. The smallest absolute Gasteiger partial charge is 0.295 e. The molecular formula is C14H26O3. The SMILES string of the molecule is CCCCC(CC)C(=O)OOC=CC(C)(C)C. The fraction of sp³-hybridized carbons (Fsp3) is 0.786. The van der Waals surface area contributed by atoms with Gasteiger partial charge in [0.15, 0.2) is 0 Å². The minimum atomic E-state index is -0.264. The molecule has 0 bridgehead atoms. The van der Waals surface area contributed by atoms with Gasteiger partial charge in [-0.15, -0.1) is 0 Å². The molecule has 0 aromatic heterocycles. The molecule has 0 aromatic carbocycles. The zero-order valence-electron chi connectivity index (χ0n) is 11.8. The van der Waals surface area contributed by atoms with E-state index in [0.29, 0.717) is 0 Å². The number of unbranched alkanes of at least 4 members (excludes halogenated alkanes) is 1. The van der Waals surface area contributed by atoms with E-state index in [0.717, 1.165) is 25.7 Å². The zero-order valence-corrected chi connectivity index (χ0v) is 11.8. The maximum Gasteiger partial charge on any atom is 0.358 e. The summed E-state index contributed by atoms with van der Waals surface area (Å²) in [4.78, 5) is 21.2. The lowest BCUT2D eigenvalue weighted by atomic mass is 9.97. The molecule has 3 heteroatoms. The molecule has 0 aliphatic carbocycles. The van der Waals surface area contributed by atoms with Crippen molar-refractivity contribution in [3.05, 3.63) is 12.3 Å². The van der Waals surface area contributed by atoms with E-state index in [1.54, 1.807) is 0 Å². The molecule has 0 rings (SSSR count). The molecule has 0 aliphatic heterocycles. The Labute approximate surface area is 105 Å². The van der Waals surface area contributed by atoms with Crippen molar-refractivity contribution in [2.24, 2.45) is 11.3 Å². The van der Waals surface area contributed by atoms with Crippen molar-refractivity contribution in [1.82, 2.24) is 0 Å². The number of hydrogen-bond donors (Lipinski definition) is 0. The van der Waals surface area contributed by atoms with Crippen LogP contribution in [0.5, 0.6) is 0 Å². The molecule has 0 fully saturated rings. The van der Waals surface area contributed by atoms with Crippen molar-refractivity contribution in [3.8, 4) is 0 Å². The highest BCUT2D eigenvalue weighted by atomic mass is 17.2. The van der Waals surface area contributed by atoms with E-state index in [1.165, 1.54) is 6.26 Å². The van der Waals surface area contributed by atoms with Gasteiger partial charge in [-0.25, -0.2) is 4.79 Å². The van der Waals surface area contributed by atoms with E-state index < -0.39 is 0 Å². The lowest BCUT2D eigenvalue weighted by Crippen LogP contribution is -2.16. The van der Waals surface area contributed by atoms with Crippen LogP contribution in [0.3, 0.4) is 0 Å². The minimum absolute atomic E-state index is 0.0266. The Hall–Kier alpha value is -0.990. The van der Waals surface area contributed by atoms with Crippen molar-refractivity contribution in [1.29, 1.82) is 0 Å². The Bertz CT molecular complexity index is 238. The van der Waals surface area contributed by atoms with E-state index in [4.69, 9.17) is 9.78 Å². The third-order valence-electron chi connectivity index (χ3n) is 2.49. The van der Waals surface area contributed by atoms with Crippen molar-refractivity contribution >= 4 is 5.97 Å². The highest BCUT2D eigenvalue weighted by molar-refractivity contribution is 5.71. The van der Waals surface area contributed by atoms with Crippen LogP contribution >= 0.6 is 0 Å². The third-order valence-corrected chi connectivity index (χ3v) is 2.49. The van der Waals surface area contributed by atoms with E-state index in [2.05, 4.69) is 6.92 Å². The summed E-state index contributed by atoms with van der Waals surface area (Å²) >= 11 is 0. The molecule has 17 heavy (non-hydrogen) atoms. The molecule has 0 spiro atoms. The van der Waals surface area contributed by atoms with Crippen molar-refractivity contribution in [3.63, 3.8) is 0 Å². The van der Waals surface area contributed by atoms with Crippen LogP contribution in [-0.2, 0) is 14.6 Å². The van der Waals surface area contributed by atoms with E-state index in [-0.39, 0.29) is 17.3 Å². The van der Waals surface area contributed by atoms with Gasteiger partial charge < -0.3 is 0 Å². The van der Waals surface area contributed by atoms with Crippen LogP contribution in [0.25, 0.3) is 0 Å². The molecule has 0 amide bonds. The van der Waals surface area contributed by atoms with E-state index in [9.17, 15) is 4.79 Å². The maximum atomic E-state index is 11.6. The summed E-state index contributed by atoms with van der Waals surface area (Å²) in [6, 6.07) is 0. The van der Waals surface area contributed by atoms with Gasteiger partial charge in [0.1, 0.15) is 6.26 Å². The van der Waals surface area contributed by atoms with Crippen LogP contribution < -0.4 is 0 Å². The van der Waals surface area contributed by atoms with Crippen LogP contribution in [0.4, 0.5) is 0 Å². The van der Waals surface area contributed by atoms with Gasteiger partial charge in [0.05, 0.1) is 5.92 Å². The largest absolute Gasteiger partial charge is 0.358 e. The average Bonchev–Trinajstić information content (AvgIpc) is 2.24. The molecule has 100 valence electrons. The second-order valence-corrected chi connectivity index (χ2v) is 5.41. The van der Waals surface area contributed by atoms with Crippen molar-refractivity contribution < 1.29 is 14.6 Å². The van der Waals surface area contributed by atoms with Crippen LogP contribution in [0.2, 0.25) is 0 Å². The number of carbonyl (C=O) groups excluding carboxylic acids is 1. The van der Waals surface area contributed by atoms with Crippen LogP contribution in [-0.4, -0.2) is 5.97 Å². The lowest BCUT2D eigenvalue weighted by Gasteiger charge is -2.12. The molecule has 3 nitrogen and oxygen atoms in total. The van der Waals surface area contributed by atoms with Gasteiger partial charge in [-0.05, 0) is 24.3 Å². The van der Waals surface area contributed by atoms with Crippen molar-refractivity contribution in [2.75, 3.05) is 0 Å². The monoisotopic (exact) mass is 242 g/mol. The Morgan fingerprint density at radius 2 is 1.94 bits per heavy atom. The Kier molecular flexibility index (Phi) is 7.68. The first-order chi connectivity index (χ1) is 7.90. The van der Waals surface area contributed by atoms with Gasteiger partial charge >= 0.3 is 5.97 Å². The topological polar surface area (TPSA) is 35.5 Å². The Morgan fingerprint density at radius 3 is 2.41 bits per heavy atom. The van der Waals surface area contributed by atoms with E-state index in [1.807, 2.05) is 33.8 Å². The van der Waals surface area contributed by atoms with Gasteiger partial charge in [0, 0.05) is 0 Å². The quantitative estimate of drug-likeness (QED) is 0.380. The van der Waals surface area contributed by atoms with Crippen LogP contribution in [0.1, 0.15) is 60.3 Å². The molecule has 1 atom stereocenters. The van der Waals surface area contributed by atoms with Gasteiger partial charge in [0.25, 0.3) is 0 Å². The molecule has 1 unspecified atom stereocenters. The highest BCUT2D eigenvalue weighted by Gasteiger charge is 2.18. The summed E-state index contributed by atoms with van der Waals surface area (Å²) in [6.07, 6.45) is 7.10. The third kappa shape index (κ3) is 8.78. The normalized spacial score (nSPS) is 13.7. The first-order valence-electron chi connectivity index (χ1n) is 6.45. The summed E-state index contributed by atoms with van der Waals surface area (Å²) in [5.74, 6) is -0.308. The second kappa shape index (κ2) is 8.15. The molecule has 0 saturated heterocycles. The fourth-order valence-electron chi connectivity index (χ4n) is 1.31. The summed E-state index contributed by atoms with van der Waals surface area (Å²) < 4.78 is 0. The molecular weight excluding hydrogens is 216 g/mol. The number of allylic oxidation sites excluding steroid dienone is 1. The predicted molar refractivity (Wildman–Crippen MR) is 69.1 cm³/mol. The van der Waals surface area contributed by atoms with Crippen molar-refractivity contribution in [2.45, 2.75) is 60.3 Å². The molecule has 0 aliphatic rings. The zero-order chi connectivity index (χ0) is 13.3. The number of rotatable bonds is 7. The van der Waals surface area contributed by atoms with Gasteiger partial charge in [0.2, 0.25) is 0 Å². The molecule has 0 N–H and O–H groups in total. The summed E-state index contributed by atoms with van der Waals surface area (Å²) in [5, 5.41) is 0. The molecule has 0 heterocycles.